The summed E-state index contributed by atoms with van der Waals surface area (Å²) in [5.74, 6) is -2.96. The minimum absolute atomic E-state index is 0.0474. The van der Waals surface area contributed by atoms with Crippen LogP contribution in [0.1, 0.15) is 62.1 Å². The predicted octanol–water partition coefficient (Wildman–Crippen LogP) is 3.64. The van der Waals surface area contributed by atoms with Gasteiger partial charge in [0.2, 0.25) is 0 Å². The van der Waals surface area contributed by atoms with Gasteiger partial charge in [0.1, 0.15) is 12.2 Å². The van der Waals surface area contributed by atoms with Crippen LogP contribution < -0.4 is 16.0 Å². The molecule has 4 rings (SSSR count). The van der Waals surface area contributed by atoms with Crippen molar-refractivity contribution in [2.24, 2.45) is 0 Å². The van der Waals surface area contributed by atoms with Gasteiger partial charge in [-0.25, -0.2) is 4.68 Å². The fourth-order valence-electron chi connectivity index (χ4n) is 3.90. The van der Waals surface area contributed by atoms with Crippen molar-refractivity contribution in [1.82, 2.24) is 40.6 Å². The summed E-state index contributed by atoms with van der Waals surface area (Å²) in [7, 11) is 1.65. The van der Waals surface area contributed by atoms with Gasteiger partial charge in [0.25, 0.3) is 17.6 Å². The average molecular weight is 604 g/mol. The number of alkyl halides is 3. The van der Waals surface area contributed by atoms with E-state index in [0.717, 1.165) is 0 Å². The van der Waals surface area contributed by atoms with Crippen molar-refractivity contribution in [2.45, 2.75) is 39.7 Å². The number of carbonyl (C=O) groups is 3. The van der Waals surface area contributed by atoms with E-state index in [1.165, 1.54) is 23.7 Å². The molecule has 2 aromatic carbocycles. The summed E-state index contributed by atoms with van der Waals surface area (Å²) < 4.78 is 40.1. The lowest BCUT2D eigenvalue weighted by molar-refractivity contribution is -0.145. The molecule has 16 heteroatoms. The molecule has 42 heavy (non-hydrogen) atoms. The van der Waals surface area contributed by atoms with Gasteiger partial charge >= 0.3 is 6.18 Å². The summed E-state index contributed by atoms with van der Waals surface area (Å²) in [6.07, 6.45) is -5.21. The minimum atomic E-state index is -4.79. The monoisotopic (exact) mass is 603 g/mol. The van der Waals surface area contributed by atoms with E-state index in [9.17, 15) is 27.6 Å². The number of para-hydroxylation sites is 1. The molecule has 220 valence electrons. The number of carbonyl (C=O) groups excluding carboxylic acids is 3. The van der Waals surface area contributed by atoms with Crippen LogP contribution in [0.25, 0.3) is 5.69 Å². The molecule has 0 saturated carbocycles. The van der Waals surface area contributed by atoms with E-state index in [1.807, 2.05) is 0 Å². The zero-order valence-corrected chi connectivity index (χ0v) is 23.5. The summed E-state index contributed by atoms with van der Waals surface area (Å²) in [6.45, 7) is 4.36. The topological polar surface area (TPSA) is 149 Å². The van der Waals surface area contributed by atoms with Crippen molar-refractivity contribution >= 4 is 34.9 Å². The van der Waals surface area contributed by atoms with Gasteiger partial charge in [0, 0.05) is 5.56 Å². The van der Waals surface area contributed by atoms with Crippen LogP contribution in [-0.4, -0.2) is 60.8 Å². The number of amides is 2. The Balaban J connectivity index is 1.76. The van der Waals surface area contributed by atoms with Crippen LogP contribution in [0.5, 0.6) is 0 Å². The highest BCUT2D eigenvalue weighted by molar-refractivity contribution is 6.32. The van der Waals surface area contributed by atoms with E-state index < -0.39 is 30.0 Å². The molecule has 4 aromatic rings. The first-order valence-electron chi connectivity index (χ1n) is 12.4. The Morgan fingerprint density at radius 3 is 2.40 bits per heavy atom. The third-order valence-corrected chi connectivity index (χ3v) is 6.41. The van der Waals surface area contributed by atoms with Gasteiger partial charge in [-0.3, -0.25) is 14.4 Å². The first-order valence-corrected chi connectivity index (χ1v) is 12.8. The molecule has 0 spiro atoms. The first kappa shape index (κ1) is 30.3. The molecule has 0 bridgehead atoms. The van der Waals surface area contributed by atoms with E-state index in [0.29, 0.717) is 16.0 Å². The number of hydrogen-bond acceptors (Lipinski definition) is 8. The van der Waals surface area contributed by atoms with Gasteiger partial charge < -0.3 is 16.0 Å². The highest BCUT2D eigenvalue weighted by atomic mass is 35.5. The van der Waals surface area contributed by atoms with Crippen LogP contribution in [-0.2, 0) is 12.7 Å². The third kappa shape index (κ3) is 6.63. The Labute approximate surface area is 242 Å². The van der Waals surface area contributed by atoms with E-state index >= 15 is 0 Å². The summed E-state index contributed by atoms with van der Waals surface area (Å²) in [5, 5.41) is 22.7. The fraction of sp³-hybridized carbons (Fsp3) is 0.269. The van der Waals surface area contributed by atoms with Crippen molar-refractivity contribution in [3.63, 3.8) is 0 Å². The van der Waals surface area contributed by atoms with Crippen molar-refractivity contribution < 1.29 is 27.6 Å². The van der Waals surface area contributed by atoms with E-state index in [2.05, 4.69) is 36.5 Å². The zero-order chi connectivity index (χ0) is 30.8. The lowest BCUT2D eigenvalue weighted by Gasteiger charge is -2.18. The maximum Gasteiger partial charge on any atom is 0.455 e. The maximum atomic E-state index is 13.7. The highest BCUT2D eigenvalue weighted by Crippen LogP contribution is 2.27. The van der Waals surface area contributed by atoms with E-state index in [-0.39, 0.29) is 45.6 Å². The van der Waals surface area contributed by atoms with Crippen LogP contribution in [0.4, 0.5) is 18.9 Å². The molecule has 3 N–H and O–H groups in total. The molecule has 0 fully saturated rings. The van der Waals surface area contributed by atoms with Gasteiger partial charge in [0.05, 0.1) is 33.8 Å². The predicted molar refractivity (Wildman–Crippen MR) is 146 cm³/mol. The van der Waals surface area contributed by atoms with E-state index in [4.69, 9.17) is 11.6 Å². The number of aromatic nitrogens is 6. The second kappa shape index (κ2) is 12.1. The molecule has 0 aliphatic carbocycles. The SMILES string of the molecule is CNC(C)NC(=O)c1cc(C(C)=O)cc(C)c1NC(=O)c1cc(Cn2nnc(C(F)(F)F)n2)nn1-c1ccccc1Cl. The summed E-state index contributed by atoms with van der Waals surface area (Å²) >= 11 is 6.37. The standard InChI is InChI=1S/C26H25ClF3N9O3/c1-13-9-16(14(2)40)10-18(23(41)32-15(3)31-4)22(13)33-24(42)21-11-17(12-38-36-25(34-37-38)26(28,29)30)35-39(21)20-8-6-5-7-19(20)27/h5-11,15,31H,12H2,1-4H3,(H,32,41)(H,33,42). The zero-order valence-electron chi connectivity index (χ0n) is 22.7. The van der Waals surface area contributed by atoms with Crippen LogP contribution >= 0.6 is 11.6 Å². The Kier molecular flexibility index (Phi) is 8.72. The average Bonchev–Trinajstić information content (AvgIpc) is 3.57. The number of anilines is 1. The second-order valence-corrected chi connectivity index (χ2v) is 9.64. The molecule has 1 atom stereocenters. The lowest BCUT2D eigenvalue weighted by atomic mass is 10.00. The van der Waals surface area contributed by atoms with E-state index in [1.54, 1.807) is 51.2 Å². The van der Waals surface area contributed by atoms with Crippen molar-refractivity contribution in [3.8, 4) is 5.69 Å². The summed E-state index contributed by atoms with van der Waals surface area (Å²) in [6, 6.07) is 10.8. The number of aryl methyl sites for hydroxylation is 1. The number of rotatable bonds is 9. The Bertz CT molecular complexity index is 1670. The molecule has 2 heterocycles. The Morgan fingerprint density at radius 2 is 1.79 bits per heavy atom. The number of nitrogens with one attached hydrogen (secondary N) is 3. The molecule has 2 aromatic heterocycles. The molecule has 0 aliphatic heterocycles. The number of halogens is 4. The minimum Gasteiger partial charge on any atom is -0.337 e. The molecule has 0 aliphatic rings. The van der Waals surface area contributed by atoms with Crippen molar-refractivity contribution in [2.75, 3.05) is 12.4 Å². The third-order valence-electron chi connectivity index (χ3n) is 6.09. The molecular formula is C26H25ClF3N9O3. The Hall–Kier alpha value is -4.63. The number of benzene rings is 2. The number of ketones is 1. The largest absolute Gasteiger partial charge is 0.455 e. The molecule has 1 unspecified atom stereocenters. The molecule has 2 amide bonds. The van der Waals surface area contributed by atoms with Crippen LogP contribution in [0.3, 0.4) is 0 Å². The van der Waals surface area contributed by atoms with Gasteiger partial charge in [-0.1, -0.05) is 23.7 Å². The molecule has 12 nitrogen and oxygen atoms in total. The molecular weight excluding hydrogens is 579 g/mol. The van der Waals surface area contributed by atoms with Gasteiger partial charge in [-0.15, -0.1) is 10.2 Å². The first-order chi connectivity index (χ1) is 19.8. The highest BCUT2D eigenvalue weighted by Gasteiger charge is 2.37. The van der Waals surface area contributed by atoms with Crippen molar-refractivity contribution in [3.05, 3.63) is 81.4 Å². The quantitative estimate of drug-likeness (QED) is 0.194. The van der Waals surface area contributed by atoms with Crippen LogP contribution in [0.15, 0.2) is 42.5 Å². The summed E-state index contributed by atoms with van der Waals surface area (Å²) in [4.78, 5) is 39.7. The summed E-state index contributed by atoms with van der Waals surface area (Å²) in [5.41, 5.74) is 1.28. The maximum absolute atomic E-state index is 13.7. The Morgan fingerprint density at radius 1 is 1.07 bits per heavy atom. The van der Waals surface area contributed by atoms with Gasteiger partial charge in [-0.05, 0) is 68.9 Å². The number of Topliss-reactive ketones (excluding diaryl/α,β-unsaturated/α-hetero) is 1. The van der Waals surface area contributed by atoms with Crippen molar-refractivity contribution in [1.29, 1.82) is 0 Å². The van der Waals surface area contributed by atoms with Crippen LogP contribution in [0, 0.1) is 6.92 Å². The normalized spacial score (nSPS) is 12.2. The fourth-order valence-corrected chi connectivity index (χ4v) is 4.12. The number of hydrogen-bond donors (Lipinski definition) is 3. The van der Waals surface area contributed by atoms with Gasteiger partial charge in [-0.2, -0.15) is 23.1 Å². The molecule has 0 radical (unpaired) electrons. The molecule has 0 saturated heterocycles. The van der Waals surface area contributed by atoms with Crippen LogP contribution in [0.2, 0.25) is 5.02 Å². The van der Waals surface area contributed by atoms with Gasteiger partial charge in [0.15, 0.2) is 5.78 Å². The lowest BCUT2D eigenvalue weighted by Crippen LogP contribution is -2.41. The smallest absolute Gasteiger partial charge is 0.337 e. The second-order valence-electron chi connectivity index (χ2n) is 9.24. The number of tetrazole rings is 1. The number of nitrogens with zero attached hydrogens (tertiary/aromatic N) is 6.